The molecule has 38 valence electrons. The summed E-state index contributed by atoms with van der Waals surface area (Å²) < 4.78 is 0.748. The average Bonchev–Trinajstić information content (AvgIpc) is 1.87. The van der Waals surface area contributed by atoms with Crippen LogP contribution >= 0.6 is 23.6 Å². The van der Waals surface area contributed by atoms with Gasteiger partial charge in [0.1, 0.15) is 5.01 Å². The number of nitrogens with one attached hydrogen (secondary N) is 1. The van der Waals surface area contributed by atoms with Crippen molar-refractivity contribution in [2.24, 2.45) is 0 Å². The van der Waals surface area contributed by atoms with E-state index < -0.39 is 0 Å². The largest absolute Gasteiger partial charge is 1.00 e. The van der Waals surface area contributed by atoms with Crippen LogP contribution < -0.4 is 29.6 Å². The minimum atomic E-state index is 0. The zero-order chi connectivity index (χ0) is 5.28. The van der Waals surface area contributed by atoms with Crippen molar-refractivity contribution >= 4 is 23.6 Å². The molecular formula is C3H4N2NaS2+. The summed E-state index contributed by atoms with van der Waals surface area (Å²) in [5.41, 5.74) is 0. The minimum absolute atomic E-state index is 0. The molecule has 1 rings (SSSR count). The number of H-pyrrole nitrogens is 1. The fourth-order valence-electron chi connectivity index (χ4n) is 0.304. The van der Waals surface area contributed by atoms with Crippen molar-refractivity contribution in [3.05, 3.63) is 8.96 Å². The molecule has 0 unspecified atom stereocenters. The summed E-state index contributed by atoms with van der Waals surface area (Å²) in [6, 6.07) is 0. The first-order valence-corrected chi connectivity index (χ1v) is 3.03. The third-order valence-electron chi connectivity index (χ3n) is 0.545. The third kappa shape index (κ3) is 2.37. The number of hydrogen-bond acceptors (Lipinski definition) is 3. The third-order valence-corrected chi connectivity index (χ3v) is 1.55. The molecule has 0 aliphatic heterocycles. The van der Waals surface area contributed by atoms with Crippen LogP contribution in [0.4, 0.5) is 0 Å². The monoisotopic (exact) mass is 155 g/mol. The van der Waals surface area contributed by atoms with Crippen LogP contribution in [0, 0.1) is 10.9 Å². The van der Waals surface area contributed by atoms with Gasteiger partial charge in [0.05, 0.1) is 0 Å². The molecule has 0 spiro atoms. The molecule has 0 fully saturated rings. The van der Waals surface area contributed by atoms with Crippen LogP contribution in [0.25, 0.3) is 0 Å². The predicted molar refractivity (Wildman–Crippen MR) is 32.0 cm³/mol. The van der Waals surface area contributed by atoms with Gasteiger partial charge < -0.3 is 0 Å². The van der Waals surface area contributed by atoms with Crippen LogP contribution in [0.15, 0.2) is 0 Å². The van der Waals surface area contributed by atoms with E-state index in [1.807, 2.05) is 6.92 Å². The van der Waals surface area contributed by atoms with Crippen molar-refractivity contribution < 1.29 is 29.6 Å². The maximum Gasteiger partial charge on any atom is 1.00 e. The standard InChI is InChI=1S/C3H4N2S2.Na/c1-2-4-5-3(6)7-2;/h1H3,(H,5,6);/q;+1. The van der Waals surface area contributed by atoms with Crippen LogP contribution in [0.5, 0.6) is 0 Å². The van der Waals surface area contributed by atoms with Crippen molar-refractivity contribution in [2.75, 3.05) is 0 Å². The maximum atomic E-state index is 4.73. The molecule has 0 aliphatic rings. The van der Waals surface area contributed by atoms with Gasteiger partial charge in [0.15, 0.2) is 3.95 Å². The first-order valence-electron chi connectivity index (χ1n) is 1.81. The van der Waals surface area contributed by atoms with E-state index in [-0.39, 0.29) is 29.6 Å². The second-order valence-electron chi connectivity index (χ2n) is 1.13. The van der Waals surface area contributed by atoms with E-state index in [4.69, 9.17) is 12.2 Å². The smallest absolute Gasteiger partial charge is 0.258 e. The Bertz CT molecular complexity index is 203. The molecule has 0 amide bonds. The van der Waals surface area contributed by atoms with Crippen LogP contribution in [-0.4, -0.2) is 10.2 Å². The van der Waals surface area contributed by atoms with Gasteiger partial charge >= 0.3 is 29.6 Å². The zero-order valence-corrected chi connectivity index (χ0v) is 8.40. The second kappa shape index (κ2) is 3.74. The van der Waals surface area contributed by atoms with Gasteiger partial charge in [-0.2, -0.15) is 5.10 Å². The molecule has 0 atom stereocenters. The van der Waals surface area contributed by atoms with Crippen LogP contribution in [0.3, 0.4) is 0 Å². The Hall–Kier alpha value is 0.780. The summed E-state index contributed by atoms with van der Waals surface area (Å²) in [6.07, 6.45) is 0. The summed E-state index contributed by atoms with van der Waals surface area (Å²) in [4.78, 5) is 0. The van der Waals surface area contributed by atoms with E-state index in [0.29, 0.717) is 0 Å². The first kappa shape index (κ1) is 8.78. The summed E-state index contributed by atoms with van der Waals surface area (Å²) in [6.45, 7) is 1.91. The van der Waals surface area contributed by atoms with Crippen LogP contribution in [0.2, 0.25) is 0 Å². The Morgan fingerprint density at radius 1 is 1.75 bits per heavy atom. The van der Waals surface area contributed by atoms with E-state index in [1.54, 1.807) is 0 Å². The molecule has 0 bridgehead atoms. The van der Waals surface area contributed by atoms with Crippen molar-refractivity contribution in [1.29, 1.82) is 0 Å². The molecule has 0 saturated heterocycles. The molecule has 1 heterocycles. The van der Waals surface area contributed by atoms with E-state index >= 15 is 0 Å². The van der Waals surface area contributed by atoms with E-state index in [9.17, 15) is 0 Å². The SMILES string of the molecule is Cc1n[nH]c(=S)s1.[Na+]. The molecule has 0 radical (unpaired) electrons. The zero-order valence-electron chi connectivity index (χ0n) is 4.76. The van der Waals surface area contributed by atoms with Crippen molar-refractivity contribution in [1.82, 2.24) is 10.2 Å². The van der Waals surface area contributed by atoms with Crippen molar-refractivity contribution in [3.63, 3.8) is 0 Å². The van der Waals surface area contributed by atoms with Crippen LogP contribution in [0.1, 0.15) is 5.01 Å². The normalized spacial score (nSPS) is 8.12. The molecule has 1 aromatic heterocycles. The fraction of sp³-hybridized carbons (Fsp3) is 0.333. The van der Waals surface area contributed by atoms with Gasteiger partial charge in [-0.05, 0) is 19.1 Å². The molecule has 1 N–H and O–H groups in total. The van der Waals surface area contributed by atoms with E-state index in [1.165, 1.54) is 11.3 Å². The van der Waals surface area contributed by atoms with Gasteiger partial charge in [0.25, 0.3) is 0 Å². The van der Waals surface area contributed by atoms with Gasteiger partial charge in [-0.25, -0.2) is 0 Å². The number of aryl methyl sites for hydroxylation is 1. The van der Waals surface area contributed by atoms with E-state index in [0.717, 1.165) is 8.96 Å². The number of hydrogen-bond donors (Lipinski definition) is 1. The average molecular weight is 155 g/mol. The van der Waals surface area contributed by atoms with Gasteiger partial charge in [0, 0.05) is 0 Å². The molecule has 0 aromatic carbocycles. The van der Waals surface area contributed by atoms with Gasteiger partial charge in [-0.15, -0.1) is 0 Å². The van der Waals surface area contributed by atoms with Gasteiger partial charge in [0.2, 0.25) is 0 Å². The van der Waals surface area contributed by atoms with Crippen molar-refractivity contribution in [3.8, 4) is 0 Å². The van der Waals surface area contributed by atoms with E-state index in [2.05, 4.69) is 10.2 Å². The molecular weight excluding hydrogens is 151 g/mol. The fourth-order valence-corrected chi connectivity index (χ4v) is 1.16. The molecule has 8 heavy (non-hydrogen) atoms. The Labute approximate surface area is 78.6 Å². The summed E-state index contributed by atoms with van der Waals surface area (Å²) in [5.74, 6) is 0. The number of aromatic amines is 1. The summed E-state index contributed by atoms with van der Waals surface area (Å²) >= 11 is 6.22. The molecule has 0 saturated carbocycles. The predicted octanol–water partition coefficient (Wildman–Crippen LogP) is -1.49. The van der Waals surface area contributed by atoms with Crippen molar-refractivity contribution in [2.45, 2.75) is 6.92 Å². The van der Waals surface area contributed by atoms with Gasteiger partial charge in [-0.3, -0.25) is 5.10 Å². The minimum Gasteiger partial charge on any atom is -0.258 e. The second-order valence-corrected chi connectivity index (χ2v) is 3.00. The molecule has 2 nitrogen and oxygen atoms in total. The maximum absolute atomic E-state index is 4.73. The quantitative estimate of drug-likeness (QED) is 0.365. The molecule has 5 heteroatoms. The Morgan fingerprint density at radius 3 is 2.50 bits per heavy atom. The molecule has 1 aromatic rings. The summed E-state index contributed by atoms with van der Waals surface area (Å²) in [7, 11) is 0. The number of rotatable bonds is 0. The Balaban J connectivity index is 0.000000490. The molecule has 0 aliphatic carbocycles. The number of aromatic nitrogens is 2. The van der Waals surface area contributed by atoms with Gasteiger partial charge in [-0.1, -0.05) is 11.3 Å². The van der Waals surface area contributed by atoms with Crippen LogP contribution in [-0.2, 0) is 0 Å². The topological polar surface area (TPSA) is 28.7 Å². The Morgan fingerprint density at radius 2 is 2.38 bits per heavy atom. The first-order chi connectivity index (χ1) is 3.29. The Kier molecular flexibility index (Phi) is 4.10. The number of nitrogens with zero attached hydrogens (tertiary/aromatic N) is 1. The summed E-state index contributed by atoms with van der Waals surface area (Å²) in [5, 5.41) is 7.45.